The molecule has 5 rings (SSSR count). The van der Waals surface area contributed by atoms with Crippen molar-refractivity contribution in [1.82, 2.24) is 19.7 Å². The van der Waals surface area contributed by atoms with E-state index in [1.807, 2.05) is 88.4 Å². The minimum absolute atomic E-state index is 0.117. The van der Waals surface area contributed by atoms with Crippen LogP contribution in [-0.2, 0) is 16.6 Å². The standard InChI is InChI=1S/C29H29ClN4O4S2/c1-16-20(22(35)29(2,3)4)34-25(37)19(30)26(34)39-27(16)40-28-31-23(36)24(32-33(28)5)38-21(17-12-8-6-9-13-17)18-14-10-7-11-15-18/h6-15,19,21,26-27H,1-5H3/t19-,26-,27?/m0/s1. The number of thioether (sulfide) groups is 2. The molecule has 1 amide bonds. The Morgan fingerprint density at radius 1 is 1.05 bits per heavy atom. The van der Waals surface area contributed by atoms with Crippen LogP contribution in [0.5, 0.6) is 5.88 Å². The molecule has 3 aromatic rings. The van der Waals surface area contributed by atoms with Crippen LogP contribution in [0.15, 0.2) is 81.9 Å². The molecule has 1 unspecified atom stereocenters. The predicted molar refractivity (Wildman–Crippen MR) is 157 cm³/mol. The number of rotatable bonds is 7. The highest BCUT2D eigenvalue weighted by molar-refractivity contribution is 8.17. The zero-order chi connectivity index (χ0) is 28.8. The van der Waals surface area contributed by atoms with Gasteiger partial charge in [0.2, 0.25) is 5.91 Å². The Balaban J connectivity index is 1.45. The van der Waals surface area contributed by atoms with Gasteiger partial charge in [0.25, 0.3) is 0 Å². The molecular weight excluding hydrogens is 568 g/mol. The van der Waals surface area contributed by atoms with Gasteiger partial charge in [-0.25, -0.2) is 4.68 Å². The van der Waals surface area contributed by atoms with E-state index >= 15 is 0 Å². The van der Waals surface area contributed by atoms with Crippen molar-refractivity contribution >= 4 is 46.8 Å². The number of fused-ring (bicyclic) bond motifs is 1. The number of aromatic nitrogens is 3. The van der Waals surface area contributed by atoms with Gasteiger partial charge in [-0.15, -0.1) is 28.5 Å². The van der Waals surface area contributed by atoms with Crippen molar-refractivity contribution < 1.29 is 14.3 Å². The highest BCUT2D eigenvalue weighted by atomic mass is 35.5. The van der Waals surface area contributed by atoms with Crippen molar-refractivity contribution in [2.45, 2.75) is 54.3 Å². The van der Waals surface area contributed by atoms with E-state index in [2.05, 4.69) is 10.1 Å². The number of ketones is 1. The maximum atomic E-state index is 13.4. The van der Waals surface area contributed by atoms with Gasteiger partial charge in [-0.3, -0.25) is 19.3 Å². The number of hydrogen-bond acceptors (Lipinski definition) is 8. The van der Waals surface area contributed by atoms with Gasteiger partial charge in [-0.05, 0) is 23.6 Å². The number of benzene rings is 2. The summed E-state index contributed by atoms with van der Waals surface area (Å²) in [5.41, 5.74) is 1.58. The lowest BCUT2D eigenvalue weighted by Gasteiger charge is -2.50. The number of amides is 1. The summed E-state index contributed by atoms with van der Waals surface area (Å²) in [5, 5.41) is 3.70. The van der Waals surface area contributed by atoms with Gasteiger partial charge in [0, 0.05) is 12.5 Å². The number of alkyl halides is 1. The average molecular weight is 597 g/mol. The molecule has 3 heterocycles. The number of halogens is 1. The average Bonchev–Trinajstić information content (AvgIpc) is 2.94. The largest absolute Gasteiger partial charge is 0.460 e. The van der Waals surface area contributed by atoms with E-state index in [0.29, 0.717) is 10.9 Å². The second-order valence-electron chi connectivity index (χ2n) is 10.6. The summed E-state index contributed by atoms with van der Waals surface area (Å²) in [6.07, 6.45) is -0.546. The van der Waals surface area contributed by atoms with Crippen molar-refractivity contribution in [2.24, 2.45) is 12.5 Å². The fourth-order valence-corrected chi connectivity index (χ4v) is 7.66. The van der Waals surface area contributed by atoms with Crippen molar-refractivity contribution in [3.8, 4) is 5.88 Å². The fraction of sp³-hybridized carbons (Fsp3) is 0.345. The lowest BCUT2D eigenvalue weighted by molar-refractivity contribution is -0.141. The van der Waals surface area contributed by atoms with Crippen LogP contribution in [0, 0.1) is 5.41 Å². The highest BCUT2D eigenvalue weighted by Gasteiger charge is 2.55. The third-order valence-corrected chi connectivity index (χ3v) is 10.3. The van der Waals surface area contributed by atoms with E-state index in [1.54, 1.807) is 7.05 Å². The molecule has 1 saturated heterocycles. The van der Waals surface area contributed by atoms with Crippen LogP contribution in [0.4, 0.5) is 0 Å². The van der Waals surface area contributed by atoms with Gasteiger partial charge in [-0.1, -0.05) is 93.2 Å². The first-order valence-electron chi connectivity index (χ1n) is 12.7. The summed E-state index contributed by atoms with van der Waals surface area (Å²) in [5.74, 6) is -0.516. The van der Waals surface area contributed by atoms with Crippen molar-refractivity contribution in [2.75, 3.05) is 0 Å². The maximum Gasteiger partial charge on any atom is 0.336 e. The molecule has 1 aromatic heterocycles. The number of aryl methyl sites for hydroxylation is 1. The molecule has 0 bridgehead atoms. The van der Waals surface area contributed by atoms with Crippen LogP contribution in [0.1, 0.15) is 44.9 Å². The first kappa shape index (κ1) is 28.4. The van der Waals surface area contributed by atoms with Crippen LogP contribution >= 0.6 is 35.1 Å². The van der Waals surface area contributed by atoms with E-state index in [-0.39, 0.29) is 27.5 Å². The molecule has 40 heavy (non-hydrogen) atoms. The monoisotopic (exact) mass is 596 g/mol. The van der Waals surface area contributed by atoms with Gasteiger partial charge in [-0.2, -0.15) is 4.98 Å². The van der Waals surface area contributed by atoms with Crippen molar-refractivity contribution in [3.63, 3.8) is 0 Å². The van der Waals surface area contributed by atoms with Crippen LogP contribution in [-0.4, -0.2) is 46.7 Å². The molecule has 0 N–H and O–H groups in total. The molecule has 0 saturated carbocycles. The third kappa shape index (κ3) is 5.32. The first-order valence-corrected chi connectivity index (χ1v) is 15.0. The highest BCUT2D eigenvalue weighted by Crippen LogP contribution is 2.51. The molecule has 0 radical (unpaired) electrons. The normalized spacial score (nSPS) is 20.8. The van der Waals surface area contributed by atoms with E-state index in [4.69, 9.17) is 16.3 Å². The van der Waals surface area contributed by atoms with Gasteiger partial charge in [0.05, 0.1) is 10.3 Å². The molecule has 2 aromatic carbocycles. The molecule has 0 spiro atoms. The number of hydrogen-bond donors (Lipinski definition) is 0. The number of carbonyl (C=O) groups is 2. The summed E-state index contributed by atoms with van der Waals surface area (Å²) in [6, 6.07) is 19.2. The summed E-state index contributed by atoms with van der Waals surface area (Å²) in [6.45, 7) is 7.30. The Hall–Kier alpha value is -3.08. The molecule has 208 valence electrons. The van der Waals surface area contributed by atoms with Crippen LogP contribution < -0.4 is 10.3 Å². The molecular formula is C29H29ClN4O4S2. The lowest BCUT2D eigenvalue weighted by Crippen LogP contribution is -2.63. The van der Waals surface area contributed by atoms with E-state index < -0.39 is 22.5 Å². The molecule has 3 atom stereocenters. The number of carbonyl (C=O) groups excluding carboxylic acids is 2. The maximum absolute atomic E-state index is 13.4. The number of allylic oxidation sites excluding steroid dienone is 1. The van der Waals surface area contributed by atoms with Gasteiger partial charge >= 0.3 is 11.4 Å². The van der Waals surface area contributed by atoms with Crippen molar-refractivity contribution in [1.29, 1.82) is 0 Å². The molecule has 11 heteroatoms. The molecule has 2 aliphatic heterocycles. The zero-order valence-electron chi connectivity index (χ0n) is 22.7. The number of β-lactam (4-membered cyclic amide) rings is 1. The molecule has 0 aliphatic carbocycles. The summed E-state index contributed by atoms with van der Waals surface area (Å²) in [7, 11) is 1.69. The Kier molecular flexibility index (Phi) is 7.87. The Bertz CT molecular complexity index is 1500. The fourth-order valence-electron chi connectivity index (χ4n) is 4.48. The minimum atomic E-state index is -0.720. The van der Waals surface area contributed by atoms with E-state index in [1.165, 1.54) is 33.1 Å². The van der Waals surface area contributed by atoms with E-state index in [9.17, 15) is 14.4 Å². The number of Topliss-reactive ketones (excluding diaryl/α,β-unsaturated/α-hetero) is 1. The van der Waals surface area contributed by atoms with E-state index in [0.717, 1.165) is 16.7 Å². The smallest absolute Gasteiger partial charge is 0.336 e. The zero-order valence-corrected chi connectivity index (χ0v) is 25.1. The van der Waals surface area contributed by atoms with Crippen LogP contribution in [0.25, 0.3) is 0 Å². The second-order valence-corrected chi connectivity index (χ2v) is 13.7. The Labute approximate surface area is 246 Å². The predicted octanol–water partition coefficient (Wildman–Crippen LogP) is 5.17. The molecule has 1 fully saturated rings. The van der Waals surface area contributed by atoms with Gasteiger partial charge in [0.1, 0.15) is 10.8 Å². The number of ether oxygens (including phenoxy) is 1. The Morgan fingerprint density at radius 2 is 1.62 bits per heavy atom. The van der Waals surface area contributed by atoms with Crippen LogP contribution in [0.3, 0.4) is 0 Å². The topological polar surface area (TPSA) is 94.4 Å². The lowest BCUT2D eigenvalue weighted by atomic mass is 9.86. The first-order chi connectivity index (χ1) is 19.0. The molecule has 2 aliphatic rings. The summed E-state index contributed by atoms with van der Waals surface area (Å²) < 4.78 is 7.38. The third-order valence-electron chi connectivity index (χ3n) is 6.65. The number of nitrogens with zero attached hydrogens (tertiary/aromatic N) is 4. The Morgan fingerprint density at radius 3 is 2.17 bits per heavy atom. The molecule has 8 nitrogen and oxygen atoms in total. The summed E-state index contributed by atoms with van der Waals surface area (Å²) >= 11 is 9.11. The van der Waals surface area contributed by atoms with Gasteiger partial charge in [0.15, 0.2) is 17.0 Å². The quantitative estimate of drug-likeness (QED) is 0.272. The summed E-state index contributed by atoms with van der Waals surface area (Å²) in [4.78, 5) is 44.9. The van der Waals surface area contributed by atoms with Crippen LogP contribution in [0.2, 0.25) is 0 Å². The second kappa shape index (κ2) is 11.1. The van der Waals surface area contributed by atoms with Gasteiger partial charge < -0.3 is 4.74 Å². The van der Waals surface area contributed by atoms with Crippen molar-refractivity contribution in [3.05, 3.63) is 93.4 Å². The minimum Gasteiger partial charge on any atom is -0.460 e. The SMILES string of the molecule is CC1=C(C(=O)C(C)(C)C)N2C(=O)[C@H](Cl)[C@@H]2SC1Sc1nc(=O)c(OC(c2ccccc2)c2ccccc2)nn1C.